The number of hydrogen-bond donors (Lipinski definition) is 1. The van der Waals surface area contributed by atoms with Crippen LogP contribution in [0.5, 0.6) is 0 Å². The Morgan fingerprint density at radius 2 is 2.14 bits per heavy atom. The smallest absolute Gasteiger partial charge is 0.322 e. The molecule has 21 heavy (non-hydrogen) atoms. The molecule has 0 radical (unpaired) electrons. The number of benzene rings is 1. The molecule has 0 aliphatic carbocycles. The minimum absolute atomic E-state index is 0.0461. The van der Waals surface area contributed by atoms with Crippen LogP contribution in [0.1, 0.15) is 21.5 Å². The van der Waals surface area contributed by atoms with Crippen LogP contribution in [0.4, 0.5) is 18.9 Å². The minimum atomic E-state index is -4.67. The van der Waals surface area contributed by atoms with E-state index in [4.69, 9.17) is 5.26 Å². The second-order valence-electron chi connectivity index (χ2n) is 4.23. The molecule has 1 aromatic heterocycles. The predicted molar refractivity (Wildman–Crippen MR) is 67.3 cm³/mol. The lowest BCUT2D eigenvalue weighted by Gasteiger charge is -2.11. The van der Waals surface area contributed by atoms with Gasteiger partial charge in [0.1, 0.15) is 0 Å². The molecular formula is C13H9F3N4O. The lowest BCUT2D eigenvalue weighted by Crippen LogP contribution is -2.13. The molecule has 0 unspecified atom stereocenters. The van der Waals surface area contributed by atoms with Crippen molar-refractivity contribution in [3.8, 4) is 6.07 Å². The zero-order valence-electron chi connectivity index (χ0n) is 10.8. The Kier molecular flexibility index (Phi) is 3.67. The number of carbonyl (C=O) groups is 1. The van der Waals surface area contributed by atoms with Gasteiger partial charge in [0, 0.05) is 18.9 Å². The highest BCUT2D eigenvalue weighted by molar-refractivity contribution is 6.04. The fraction of sp³-hybridized carbons (Fsp3) is 0.154. The summed E-state index contributed by atoms with van der Waals surface area (Å²) in [6, 6.07) is 4.45. The number of amides is 1. The monoisotopic (exact) mass is 294 g/mol. The van der Waals surface area contributed by atoms with Crippen LogP contribution in [0.25, 0.3) is 0 Å². The number of nitriles is 1. The van der Waals surface area contributed by atoms with Crippen LogP contribution in [0.3, 0.4) is 0 Å². The Labute approximate surface area is 117 Å². The van der Waals surface area contributed by atoms with E-state index in [2.05, 4.69) is 10.4 Å². The fourth-order valence-electron chi connectivity index (χ4n) is 1.70. The van der Waals surface area contributed by atoms with Crippen LogP contribution >= 0.6 is 0 Å². The number of halogens is 3. The molecular weight excluding hydrogens is 285 g/mol. The summed E-state index contributed by atoms with van der Waals surface area (Å²) in [5, 5.41) is 14.8. The third-order valence-corrected chi connectivity index (χ3v) is 2.67. The number of rotatable bonds is 2. The maximum Gasteiger partial charge on any atom is 0.417 e. The van der Waals surface area contributed by atoms with Gasteiger partial charge in [0.25, 0.3) is 5.91 Å². The molecule has 5 nitrogen and oxygen atoms in total. The molecule has 0 saturated carbocycles. The second-order valence-corrected chi connectivity index (χ2v) is 4.23. The molecule has 1 amide bonds. The first-order valence-electron chi connectivity index (χ1n) is 5.72. The molecule has 8 heteroatoms. The molecule has 2 rings (SSSR count). The molecule has 2 aromatic rings. The maximum atomic E-state index is 12.8. The molecule has 0 saturated heterocycles. The summed E-state index contributed by atoms with van der Waals surface area (Å²) in [6.45, 7) is 0. The van der Waals surface area contributed by atoms with Crippen molar-refractivity contribution < 1.29 is 18.0 Å². The van der Waals surface area contributed by atoms with Gasteiger partial charge in [-0.05, 0) is 18.2 Å². The lowest BCUT2D eigenvalue weighted by molar-refractivity contribution is -0.137. The van der Waals surface area contributed by atoms with Gasteiger partial charge in [0.2, 0.25) is 0 Å². The van der Waals surface area contributed by atoms with Crippen molar-refractivity contribution in [3.05, 3.63) is 47.3 Å². The van der Waals surface area contributed by atoms with Gasteiger partial charge in [0.15, 0.2) is 0 Å². The Morgan fingerprint density at radius 3 is 2.67 bits per heavy atom. The van der Waals surface area contributed by atoms with Gasteiger partial charge in [-0.15, -0.1) is 0 Å². The number of hydrogen-bond acceptors (Lipinski definition) is 3. The third-order valence-electron chi connectivity index (χ3n) is 2.67. The first kappa shape index (κ1) is 14.6. The molecule has 0 fully saturated rings. The molecule has 1 N–H and O–H groups in total. The summed E-state index contributed by atoms with van der Waals surface area (Å²) < 4.78 is 39.8. The summed E-state index contributed by atoms with van der Waals surface area (Å²) >= 11 is 0. The van der Waals surface area contributed by atoms with Gasteiger partial charge < -0.3 is 5.32 Å². The Balaban J connectivity index is 2.30. The van der Waals surface area contributed by atoms with Gasteiger partial charge in [-0.3, -0.25) is 9.48 Å². The Morgan fingerprint density at radius 1 is 1.43 bits per heavy atom. The van der Waals surface area contributed by atoms with Crippen molar-refractivity contribution in [3.63, 3.8) is 0 Å². The van der Waals surface area contributed by atoms with Gasteiger partial charge in [-0.25, -0.2) is 0 Å². The Bertz CT molecular complexity index is 728. The van der Waals surface area contributed by atoms with Crippen molar-refractivity contribution in [2.45, 2.75) is 6.18 Å². The van der Waals surface area contributed by atoms with Crippen LogP contribution in [-0.2, 0) is 13.2 Å². The molecule has 0 aliphatic heterocycles. The lowest BCUT2D eigenvalue weighted by atomic mass is 10.1. The van der Waals surface area contributed by atoms with Gasteiger partial charge in [0.05, 0.1) is 29.0 Å². The molecule has 0 aliphatic rings. The van der Waals surface area contributed by atoms with Crippen molar-refractivity contribution >= 4 is 11.6 Å². The summed E-state index contributed by atoms with van der Waals surface area (Å²) in [5.74, 6) is -0.582. The zero-order chi connectivity index (χ0) is 15.6. The number of nitrogens with zero attached hydrogens (tertiary/aromatic N) is 3. The third kappa shape index (κ3) is 3.20. The number of aromatic nitrogens is 2. The topological polar surface area (TPSA) is 70.7 Å². The van der Waals surface area contributed by atoms with E-state index in [1.807, 2.05) is 0 Å². The largest absolute Gasteiger partial charge is 0.417 e. The van der Waals surface area contributed by atoms with Gasteiger partial charge >= 0.3 is 6.18 Å². The van der Waals surface area contributed by atoms with E-state index in [1.54, 1.807) is 7.05 Å². The van der Waals surface area contributed by atoms with E-state index < -0.39 is 23.2 Å². The fourth-order valence-corrected chi connectivity index (χ4v) is 1.70. The molecule has 1 heterocycles. The van der Waals surface area contributed by atoms with Crippen LogP contribution in [0.15, 0.2) is 30.6 Å². The second kappa shape index (κ2) is 5.28. The molecule has 1 aromatic carbocycles. The molecule has 0 spiro atoms. The van der Waals surface area contributed by atoms with Gasteiger partial charge in [-0.2, -0.15) is 23.5 Å². The molecule has 108 valence electrons. The van der Waals surface area contributed by atoms with Crippen molar-refractivity contribution in [1.82, 2.24) is 9.78 Å². The van der Waals surface area contributed by atoms with E-state index in [1.165, 1.54) is 29.2 Å². The van der Waals surface area contributed by atoms with Crippen LogP contribution < -0.4 is 5.32 Å². The zero-order valence-corrected chi connectivity index (χ0v) is 10.8. The average Bonchev–Trinajstić information content (AvgIpc) is 2.84. The number of nitrogens with one attached hydrogen (secondary N) is 1. The maximum absolute atomic E-state index is 12.8. The van der Waals surface area contributed by atoms with Gasteiger partial charge in [-0.1, -0.05) is 0 Å². The number of alkyl halides is 3. The highest BCUT2D eigenvalue weighted by atomic mass is 19.4. The average molecular weight is 294 g/mol. The summed E-state index contributed by atoms with van der Waals surface area (Å²) in [6.07, 6.45) is -1.94. The van der Waals surface area contributed by atoms with E-state index in [0.29, 0.717) is 0 Å². The van der Waals surface area contributed by atoms with E-state index >= 15 is 0 Å². The summed E-state index contributed by atoms with van der Waals surface area (Å²) in [5.41, 5.74) is -1.42. The molecule has 0 atom stereocenters. The SMILES string of the molecule is Cn1cc(C(=O)Nc2ccc(C#N)c(C(F)(F)F)c2)cn1. The predicted octanol–water partition coefficient (Wildman–Crippen LogP) is 2.56. The highest BCUT2D eigenvalue weighted by Gasteiger charge is 2.34. The van der Waals surface area contributed by atoms with E-state index in [-0.39, 0.29) is 11.3 Å². The standard InChI is InChI=1S/C13H9F3N4O/c1-20-7-9(6-18-20)12(21)19-10-3-2-8(5-17)11(4-10)13(14,15)16/h2-4,6-7H,1H3,(H,19,21). The summed E-state index contributed by atoms with van der Waals surface area (Å²) in [7, 11) is 1.61. The minimum Gasteiger partial charge on any atom is -0.322 e. The van der Waals surface area contributed by atoms with Crippen molar-refractivity contribution in [1.29, 1.82) is 5.26 Å². The normalized spacial score (nSPS) is 11.0. The molecule has 0 bridgehead atoms. The van der Waals surface area contributed by atoms with Crippen LogP contribution in [-0.4, -0.2) is 15.7 Å². The van der Waals surface area contributed by atoms with E-state index in [0.717, 1.165) is 12.1 Å². The van der Waals surface area contributed by atoms with Crippen molar-refractivity contribution in [2.75, 3.05) is 5.32 Å². The Hall–Kier alpha value is -2.82. The number of carbonyl (C=O) groups excluding carboxylic acids is 1. The number of anilines is 1. The van der Waals surface area contributed by atoms with Crippen LogP contribution in [0.2, 0.25) is 0 Å². The quantitative estimate of drug-likeness (QED) is 0.925. The van der Waals surface area contributed by atoms with E-state index in [9.17, 15) is 18.0 Å². The first-order valence-corrected chi connectivity index (χ1v) is 5.72. The first-order chi connectivity index (χ1) is 9.81. The van der Waals surface area contributed by atoms with Crippen molar-refractivity contribution in [2.24, 2.45) is 7.05 Å². The highest BCUT2D eigenvalue weighted by Crippen LogP contribution is 2.33. The number of aryl methyl sites for hydroxylation is 1. The van der Waals surface area contributed by atoms with Crippen LogP contribution in [0, 0.1) is 11.3 Å². The summed E-state index contributed by atoms with van der Waals surface area (Å²) in [4.78, 5) is 11.8.